The fraction of sp³-hybridized carbons (Fsp3) is 0.440. The molecule has 172 valence electrons. The van der Waals surface area contributed by atoms with Gasteiger partial charge in [-0.25, -0.2) is 0 Å². The van der Waals surface area contributed by atoms with Gasteiger partial charge in [0.15, 0.2) is 0 Å². The van der Waals surface area contributed by atoms with Gasteiger partial charge in [0.25, 0.3) is 0 Å². The molecule has 3 aromatic rings. The first-order valence-corrected chi connectivity index (χ1v) is 12.8. The number of aromatic nitrogens is 1. The Balaban J connectivity index is 1.10. The van der Waals surface area contributed by atoms with E-state index in [0.29, 0.717) is 0 Å². The summed E-state index contributed by atoms with van der Waals surface area (Å²) in [6, 6.07) is 14.4. The Hall–Kier alpha value is -1.70. The molecule has 32 heavy (non-hydrogen) atoms. The summed E-state index contributed by atoms with van der Waals surface area (Å²) >= 11 is 7.82. The molecule has 0 spiro atoms. The van der Waals surface area contributed by atoms with Crippen molar-refractivity contribution in [1.29, 1.82) is 0 Å². The zero-order valence-corrected chi connectivity index (χ0v) is 20.1. The first kappa shape index (κ1) is 23.5. The van der Waals surface area contributed by atoms with Gasteiger partial charge in [-0.3, -0.25) is 4.72 Å². The number of aromatic amines is 1. The maximum Gasteiger partial charge on any atom is 0.119 e. The summed E-state index contributed by atoms with van der Waals surface area (Å²) in [5.41, 5.74) is 2.47. The predicted octanol–water partition coefficient (Wildman–Crippen LogP) is 5.12. The molecule has 1 aliphatic heterocycles. The highest BCUT2D eigenvalue weighted by atomic mass is 35.5. The van der Waals surface area contributed by atoms with Crippen LogP contribution in [-0.2, 0) is 6.42 Å². The highest BCUT2D eigenvalue weighted by molar-refractivity contribution is 7.97. The second-order valence-corrected chi connectivity index (χ2v) is 9.62. The van der Waals surface area contributed by atoms with Gasteiger partial charge in [-0.2, -0.15) is 0 Å². The molecule has 2 aromatic carbocycles. The van der Waals surface area contributed by atoms with Gasteiger partial charge in [-0.15, -0.1) is 0 Å². The third-order valence-electron chi connectivity index (χ3n) is 5.79. The lowest BCUT2D eigenvalue weighted by Gasteiger charge is -2.19. The maximum absolute atomic E-state index is 6.14. The molecule has 0 bridgehead atoms. The number of aryl methyl sites for hydroxylation is 1. The van der Waals surface area contributed by atoms with Gasteiger partial charge in [-0.1, -0.05) is 11.6 Å². The van der Waals surface area contributed by atoms with Crippen molar-refractivity contribution in [2.75, 3.05) is 45.9 Å². The number of nitrogens with one attached hydrogen (secondary N) is 3. The van der Waals surface area contributed by atoms with Gasteiger partial charge in [0, 0.05) is 53.2 Å². The molecule has 7 heteroatoms. The Bertz CT molecular complexity index is 954. The van der Waals surface area contributed by atoms with Crippen LogP contribution in [0.1, 0.15) is 24.8 Å². The SMILES string of the molecule is Clc1ccc2[nH]cc(CCCNSc3ccc(OCCCN4CCCNCC4)cc3)c2c1. The van der Waals surface area contributed by atoms with E-state index >= 15 is 0 Å². The molecule has 4 rings (SSSR count). The number of halogens is 1. The van der Waals surface area contributed by atoms with E-state index in [9.17, 15) is 0 Å². The summed E-state index contributed by atoms with van der Waals surface area (Å²) in [7, 11) is 0. The molecule has 1 fully saturated rings. The average molecular weight is 473 g/mol. The van der Waals surface area contributed by atoms with Gasteiger partial charge < -0.3 is 19.9 Å². The van der Waals surface area contributed by atoms with Crippen LogP contribution in [0.3, 0.4) is 0 Å². The third kappa shape index (κ3) is 7.15. The summed E-state index contributed by atoms with van der Waals surface area (Å²) in [6.45, 7) is 7.43. The predicted molar refractivity (Wildman–Crippen MR) is 136 cm³/mol. The first-order chi connectivity index (χ1) is 15.8. The van der Waals surface area contributed by atoms with E-state index in [-0.39, 0.29) is 0 Å². The van der Waals surface area contributed by atoms with Crippen molar-refractivity contribution in [1.82, 2.24) is 19.9 Å². The minimum Gasteiger partial charge on any atom is -0.494 e. The van der Waals surface area contributed by atoms with Crippen molar-refractivity contribution in [3.8, 4) is 5.75 Å². The Morgan fingerprint density at radius 3 is 2.88 bits per heavy atom. The number of benzene rings is 2. The number of hydrogen-bond donors (Lipinski definition) is 3. The number of fused-ring (bicyclic) bond motifs is 1. The van der Waals surface area contributed by atoms with Crippen LogP contribution in [0, 0.1) is 0 Å². The quantitative estimate of drug-likeness (QED) is 0.267. The summed E-state index contributed by atoms with van der Waals surface area (Å²) in [4.78, 5) is 7.06. The van der Waals surface area contributed by atoms with E-state index in [1.54, 1.807) is 11.9 Å². The van der Waals surface area contributed by atoms with E-state index in [1.165, 1.54) is 28.8 Å². The van der Waals surface area contributed by atoms with Crippen LogP contribution in [0.15, 0.2) is 53.6 Å². The van der Waals surface area contributed by atoms with Gasteiger partial charge >= 0.3 is 0 Å². The molecular formula is C25H33ClN4OS. The Labute approximate surface area is 200 Å². The number of H-pyrrole nitrogens is 1. The third-order valence-corrected chi connectivity index (χ3v) is 6.88. The van der Waals surface area contributed by atoms with Crippen LogP contribution >= 0.6 is 23.5 Å². The van der Waals surface area contributed by atoms with Crippen LogP contribution in [0.4, 0.5) is 0 Å². The van der Waals surface area contributed by atoms with Gasteiger partial charge in [-0.05, 0) is 98.7 Å². The lowest BCUT2D eigenvalue weighted by atomic mass is 10.1. The Morgan fingerprint density at radius 2 is 1.97 bits per heavy atom. The van der Waals surface area contributed by atoms with E-state index < -0.39 is 0 Å². The van der Waals surface area contributed by atoms with Crippen LogP contribution in [0.5, 0.6) is 5.75 Å². The van der Waals surface area contributed by atoms with Gasteiger partial charge in [0.05, 0.1) is 6.61 Å². The first-order valence-electron chi connectivity index (χ1n) is 11.6. The van der Waals surface area contributed by atoms with Crippen molar-refractivity contribution in [2.24, 2.45) is 0 Å². The second kappa shape index (κ2) is 12.5. The van der Waals surface area contributed by atoms with E-state index in [1.807, 2.05) is 18.2 Å². The number of ether oxygens (including phenoxy) is 1. The normalized spacial score (nSPS) is 15.2. The standard InChI is InChI=1S/C25H33ClN4OS/c26-21-5-10-25-24(18-21)20(19-28-25)4-1-12-29-32-23-8-6-22(7-9-23)31-17-3-15-30-14-2-11-27-13-16-30/h5-10,18-19,27-29H,1-4,11-17H2. The van der Waals surface area contributed by atoms with Crippen LogP contribution in [0.25, 0.3) is 10.9 Å². The molecule has 1 aliphatic rings. The fourth-order valence-electron chi connectivity index (χ4n) is 4.05. The lowest BCUT2D eigenvalue weighted by Crippen LogP contribution is -2.29. The highest BCUT2D eigenvalue weighted by Crippen LogP contribution is 2.24. The largest absolute Gasteiger partial charge is 0.494 e. The van der Waals surface area contributed by atoms with E-state index in [2.05, 4.69) is 50.4 Å². The monoisotopic (exact) mass is 472 g/mol. The summed E-state index contributed by atoms with van der Waals surface area (Å²) in [5.74, 6) is 0.949. The molecular weight excluding hydrogens is 440 g/mol. The topological polar surface area (TPSA) is 52.3 Å². The smallest absolute Gasteiger partial charge is 0.119 e. The van der Waals surface area contributed by atoms with Crippen LogP contribution < -0.4 is 14.8 Å². The molecule has 0 unspecified atom stereocenters. The molecule has 0 aliphatic carbocycles. The highest BCUT2D eigenvalue weighted by Gasteiger charge is 2.08. The van der Waals surface area contributed by atoms with E-state index in [0.717, 1.165) is 74.9 Å². The molecule has 2 heterocycles. The minimum atomic E-state index is 0.772. The summed E-state index contributed by atoms with van der Waals surface area (Å²) in [6.07, 6.45) is 6.50. The molecule has 0 saturated carbocycles. The lowest BCUT2D eigenvalue weighted by molar-refractivity contribution is 0.243. The minimum absolute atomic E-state index is 0.772. The number of hydrogen-bond acceptors (Lipinski definition) is 5. The van der Waals surface area contributed by atoms with Crippen molar-refractivity contribution >= 4 is 34.5 Å². The zero-order chi connectivity index (χ0) is 22.0. The maximum atomic E-state index is 6.14. The zero-order valence-electron chi connectivity index (χ0n) is 18.5. The molecule has 0 radical (unpaired) electrons. The van der Waals surface area contributed by atoms with Crippen molar-refractivity contribution in [2.45, 2.75) is 30.6 Å². The molecule has 0 atom stereocenters. The Morgan fingerprint density at radius 1 is 1.06 bits per heavy atom. The van der Waals surface area contributed by atoms with Crippen LogP contribution in [0.2, 0.25) is 5.02 Å². The molecule has 0 amide bonds. The van der Waals surface area contributed by atoms with Gasteiger partial charge in [0.2, 0.25) is 0 Å². The molecule has 1 saturated heterocycles. The molecule has 3 N–H and O–H groups in total. The second-order valence-electron chi connectivity index (χ2n) is 8.22. The summed E-state index contributed by atoms with van der Waals surface area (Å²) < 4.78 is 9.39. The molecule has 1 aromatic heterocycles. The summed E-state index contributed by atoms with van der Waals surface area (Å²) in [5, 5.41) is 5.46. The van der Waals surface area contributed by atoms with E-state index in [4.69, 9.17) is 16.3 Å². The fourth-order valence-corrected chi connectivity index (χ4v) is 4.91. The number of rotatable bonds is 11. The van der Waals surface area contributed by atoms with Gasteiger partial charge in [0.1, 0.15) is 5.75 Å². The van der Waals surface area contributed by atoms with Crippen molar-refractivity contribution in [3.05, 3.63) is 59.2 Å². The molecule has 5 nitrogen and oxygen atoms in total. The average Bonchev–Trinajstić information content (AvgIpc) is 3.02. The van der Waals surface area contributed by atoms with Crippen molar-refractivity contribution < 1.29 is 4.74 Å². The number of nitrogens with zero attached hydrogens (tertiary/aromatic N) is 1. The Kier molecular flexibility index (Phi) is 9.17. The van der Waals surface area contributed by atoms with Crippen molar-refractivity contribution in [3.63, 3.8) is 0 Å². The van der Waals surface area contributed by atoms with Crippen LogP contribution in [-0.4, -0.2) is 55.8 Å².